The molecule has 178 valence electrons. The first-order valence-electron chi connectivity index (χ1n) is 11.0. The van der Waals surface area contributed by atoms with Gasteiger partial charge in [0, 0.05) is 12.5 Å². The second kappa shape index (κ2) is 9.09. The normalized spacial score (nSPS) is 19.8. The molecule has 1 saturated heterocycles. The van der Waals surface area contributed by atoms with Crippen LogP contribution in [-0.4, -0.2) is 40.9 Å². The Labute approximate surface area is 193 Å². The lowest BCUT2D eigenvalue weighted by molar-refractivity contribution is -0.174. The maximum atomic E-state index is 13.5. The van der Waals surface area contributed by atoms with Crippen LogP contribution in [-0.2, 0) is 24.0 Å². The third kappa shape index (κ3) is 6.74. The highest BCUT2D eigenvalue weighted by atomic mass is 16.7. The lowest BCUT2D eigenvalue weighted by Gasteiger charge is -2.27. The summed E-state index contributed by atoms with van der Waals surface area (Å²) in [6.45, 7) is 11.3. The van der Waals surface area contributed by atoms with Crippen LogP contribution in [0.15, 0.2) is 36.0 Å². The van der Waals surface area contributed by atoms with Crippen LogP contribution < -0.4 is 4.74 Å². The Morgan fingerprint density at radius 3 is 2.21 bits per heavy atom. The van der Waals surface area contributed by atoms with E-state index < -0.39 is 23.9 Å². The molecule has 0 saturated carbocycles. The van der Waals surface area contributed by atoms with Gasteiger partial charge < -0.3 is 14.3 Å². The number of hydrogen-bond acceptors (Lipinski definition) is 7. The molecular formula is C25H31NO7. The predicted molar refractivity (Wildman–Crippen MR) is 119 cm³/mol. The molecule has 1 aromatic rings. The maximum absolute atomic E-state index is 13.5. The van der Waals surface area contributed by atoms with E-state index in [0.29, 0.717) is 0 Å². The minimum Gasteiger partial charge on any atom is -0.426 e. The van der Waals surface area contributed by atoms with Gasteiger partial charge in [-0.1, -0.05) is 53.7 Å². The first-order chi connectivity index (χ1) is 15.2. The molecule has 2 unspecified atom stereocenters. The van der Waals surface area contributed by atoms with Gasteiger partial charge in [-0.3, -0.25) is 14.4 Å². The Kier molecular flexibility index (Phi) is 6.79. The van der Waals surface area contributed by atoms with Crippen molar-refractivity contribution in [2.24, 2.45) is 10.8 Å². The minimum absolute atomic E-state index is 0.0375. The van der Waals surface area contributed by atoms with Crippen LogP contribution in [0.4, 0.5) is 0 Å². The van der Waals surface area contributed by atoms with Gasteiger partial charge in [-0.2, -0.15) is 0 Å². The molecule has 0 spiro atoms. The number of rotatable bonds is 5. The first-order valence-corrected chi connectivity index (χ1v) is 11.0. The fourth-order valence-corrected chi connectivity index (χ4v) is 3.43. The lowest BCUT2D eigenvalue weighted by Crippen LogP contribution is -2.36. The quantitative estimate of drug-likeness (QED) is 0.285. The Balaban J connectivity index is 1.89. The number of hydroxylamine groups is 2. The third-order valence-electron chi connectivity index (χ3n) is 4.91. The molecule has 1 aromatic carbocycles. The first kappa shape index (κ1) is 24.6. The van der Waals surface area contributed by atoms with Gasteiger partial charge in [0.1, 0.15) is 11.9 Å². The van der Waals surface area contributed by atoms with Crippen molar-refractivity contribution >= 4 is 23.6 Å². The topological polar surface area (TPSA) is 103 Å². The van der Waals surface area contributed by atoms with Crippen molar-refractivity contribution in [3.63, 3.8) is 0 Å². The molecule has 33 heavy (non-hydrogen) atoms. The van der Waals surface area contributed by atoms with Gasteiger partial charge >= 0.3 is 11.9 Å². The molecule has 0 N–H and O–H groups in total. The van der Waals surface area contributed by atoms with Crippen molar-refractivity contribution in [2.45, 2.75) is 73.0 Å². The summed E-state index contributed by atoms with van der Waals surface area (Å²) in [5.41, 5.74) is -0.399. The molecule has 1 fully saturated rings. The van der Waals surface area contributed by atoms with Crippen molar-refractivity contribution in [3.05, 3.63) is 41.6 Å². The van der Waals surface area contributed by atoms with E-state index in [2.05, 4.69) is 0 Å². The standard InChI is InChI=1S/C25H31NO7/c1-24(2,3)13-20(28)31-18-10-8-7-9-16(18)23(30)26(33-21(29)14-25(4,5)6)15-11-17(27)22-19(12-15)32-22/h7-11,19,22H,12-14H2,1-6H3. The van der Waals surface area contributed by atoms with E-state index in [1.165, 1.54) is 18.2 Å². The molecule has 1 aliphatic heterocycles. The highest BCUT2D eigenvalue weighted by Crippen LogP contribution is 2.36. The van der Waals surface area contributed by atoms with Gasteiger partial charge in [-0.05, 0) is 23.0 Å². The van der Waals surface area contributed by atoms with Crippen LogP contribution in [0.3, 0.4) is 0 Å². The van der Waals surface area contributed by atoms with Gasteiger partial charge in [-0.25, -0.2) is 4.79 Å². The molecular weight excluding hydrogens is 426 g/mol. The van der Waals surface area contributed by atoms with Crippen molar-refractivity contribution < 1.29 is 33.5 Å². The number of ether oxygens (including phenoxy) is 2. The molecule has 0 bridgehead atoms. The summed E-state index contributed by atoms with van der Waals surface area (Å²) in [5, 5.41) is 0.834. The minimum atomic E-state index is -0.713. The molecule has 8 nitrogen and oxygen atoms in total. The number of ketones is 1. The number of fused-ring (bicyclic) bond motifs is 1. The van der Waals surface area contributed by atoms with E-state index in [1.54, 1.807) is 12.1 Å². The summed E-state index contributed by atoms with van der Waals surface area (Å²) in [6, 6.07) is 6.24. The summed E-state index contributed by atoms with van der Waals surface area (Å²) in [5.74, 6) is -2.05. The van der Waals surface area contributed by atoms with Gasteiger partial charge in [0.25, 0.3) is 5.91 Å². The van der Waals surface area contributed by atoms with Crippen LogP contribution in [0.25, 0.3) is 0 Å². The Morgan fingerprint density at radius 2 is 1.61 bits per heavy atom. The Bertz CT molecular complexity index is 997. The number of carbonyl (C=O) groups is 4. The second-order valence-electron chi connectivity index (χ2n) is 10.8. The average molecular weight is 458 g/mol. The summed E-state index contributed by atoms with van der Waals surface area (Å²) in [4.78, 5) is 56.2. The van der Waals surface area contributed by atoms with E-state index in [9.17, 15) is 19.2 Å². The number of benzene rings is 1. The number of para-hydroxylation sites is 1. The summed E-state index contributed by atoms with van der Waals surface area (Å²) in [6.07, 6.45) is 0.889. The van der Waals surface area contributed by atoms with E-state index in [1.807, 2.05) is 41.5 Å². The molecule has 1 aliphatic carbocycles. The monoisotopic (exact) mass is 457 g/mol. The maximum Gasteiger partial charge on any atom is 0.333 e. The fraction of sp³-hybridized carbons (Fsp3) is 0.520. The van der Waals surface area contributed by atoms with Gasteiger partial charge in [0.05, 0.1) is 30.2 Å². The van der Waals surface area contributed by atoms with Crippen LogP contribution in [0.5, 0.6) is 5.75 Å². The molecule has 1 amide bonds. The molecule has 3 rings (SSSR count). The summed E-state index contributed by atoms with van der Waals surface area (Å²) >= 11 is 0. The number of epoxide rings is 1. The zero-order valence-corrected chi connectivity index (χ0v) is 20.0. The Hall–Kier alpha value is -3.00. The van der Waals surface area contributed by atoms with Crippen molar-refractivity contribution in [1.29, 1.82) is 0 Å². The lowest BCUT2D eigenvalue weighted by atomic mass is 9.92. The number of amides is 1. The summed E-state index contributed by atoms with van der Waals surface area (Å²) in [7, 11) is 0. The molecule has 8 heteroatoms. The van der Waals surface area contributed by atoms with Gasteiger partial charge in [0.15, 0.2) is 5.78 Å². The van der Waals surface area contributed by atoms with E-state index in [0.717, 1.165) is 5.06 Å². The molecule has 1 heterocycles. The van der Waals surface area contributed by atoms with Crippen LogP contribution in [0.2, 0.25) is 0 Å². The number of carbonyl (C=O) groups excluding carboxylic acids is 4. The van der Waals surface area contributed by atoms with E-state index >= 15 is 0 Å². The van der Waals surface area contributed by atoms with Crippen LogP contribution in [0.1, 0.15) is 71.2 Å². The average Bonchev–Trinajstić information content (AvgIpc) is 3.43. The van der Waals surface area contributed by atoms with Crippen molar-refractivity contribution in [1.82, 2.24) is 5.06 Å². The molecule has 0 aromatic heterocycles. The van der Waals surface area contributed by atoms with Crippen LogP contribution >= 0.6 is 0 Å². The zero-order chi connectivity index (χ0) is 24.6. The number of nitrogens with zero attached hydrogens (tertiary/aromatic N) is 1. The largest absolute Gasteiger partial charge is 0.426 e. The molecule has 0 radical (unpaired) electrons. The van der Waals surface area contributed by atoms with E-state index in [-0.39, 0.29) is 59.0 Å². The van der Waals surface area contributed by atoms with Gasteiger partial charge in [-0.15, -0.1) is 5.06 Å². The van der Waals surface area contributed by atoms with Crippen molar-refractivity contribution in [3.8, 4) is 5.75 Å². The smallest absolute Gasteiger partial charge is 0.333 e. The van der Waals surface area contributed by atoms with Crippen molar-refractivity contribution in [2.75, 3.05) is 0 Å². The number of esters is 1. The predicted octanol–water partition coefficient (Wildman–Crippen LogP) is 3.99. The highest BCUT2D eigenvalue weighted by Gasteiger charge is 2.49. The SMILES string of the molecule is CC(C)(C)CC(=O)Oc1ccccc1C(=O)N(OC(=O)CC(C)(C)C)C1=CC(=O)C2OC2C1. The summed E-state index contributed by atoms with van der Waals surface area (Å²) < 4.78 is 10.8. The van der Waals surface area contributed by atoms with Gasteiger partial charge in [0.2, 0.25) is 0 Å². The Morgan fingerprint density at radius 1 is 1.00 bits per heavy atom. The molecule has 2 atom stereocenters. The fourth-order valence-electron chi connectivity index (χ4n) is 3.43. The number of hydrogen-bond donors (Lipinski definition) is 0. The van der Waals surface area contributed by atoms with Crippen LogP contribution in [0, 0.1) is 10.8 Å². The highest BCUT2D eigenvalue weighted by molar-refractivity contribution is 6.01. The third-order valence-corrected chi connectivity index (χ3v) is 4.91. The van der Waals surface area contributed by atoms with E-state index in [4.69, 9.17) is 14.3 Å². The second-order valence-corrected chi connectivity index (χ2v) is 10.8. The zero-order valence-electron chi connectivity index (χ0n) is 20.0. The molecule has 2 aliphatic rings.